The molecule has 26 aromatic rings. The Morgan fingerprint density at radius 1 is 0.230 bits per heavy atom. The lowest BCUT2D eigenvalue weighted by Gasteiger charge is -2.51. The maximum Gasteiger partial charge on any atom is 0.312 e. The second-order valence-electron chi connectivity index (χ2n) is 27.5. The Morgan fingerprint density at radius 3 is 0.568 bits per heavy atom. The van der Waals surface area contributed by atoms with E-state index in [1.165, 1.54) is 271 Å². The van der Waals surface area contributed by atoms with E-state index in [-0.39, 0.29) is 11.9 Å². The number of esters is 2. The highest BCUT2D eigenvalue weighted by atomic mass is 16.5. The minimum Gasteiger partial charge on any atom is -0.469 e. The molecule has 0 amide bonds. The van der Waals surface area contributed by atoms with E-state index in [0.717, 1.165) is 0 Å². The summed E-state index contributed by atoms with van der Waals surface area (Å²) in [5.74, 6) is -0.284. The lowest BCUT2D eigenvalue weighted by Crippen LogP contribution is -2.51. The molecule has 6 aliphatic rings. The second kappa shape index (κ2) is 6.64. The fraction of sp³-hybridized carbons (Fsp3) is 0.143. The number of carbonyl (C=O) groups excluding carboxylic acids is 2. The summed E-state index contributed by atoms with van der Waals surface area (Å²) < 4.78 is 12.5. The Kier molecular flexibility index (Phi) is 2.68. The monoisotopic (exact) mass is 922 g/mol. The smallest absolute Gasteiger partial charge is 0.312 e. The summed E-state index contributed by atoms with van der Waals surface area (Å²) in [6.45, 7) is 9.13. The van der Waals surface area contributed by atoms with Gasteiger partial charge in [-0.1, -0.05) is 0 Å². The van der Waals surface area contributed by atoms with E-state index < -0.39 is 21.7 Å². The Balaban J connectivity index is 1.20. The molecule has 74 heavy (non-hydrogen) atoms. The molecule has 0 N–H and O–H groups in total. The standard InChI is InChI=1S/C70H18O4/c1-67(2,65(71)73-5)69-59-47-37-29-15-11-10-8-7-9-12-16-14(7)22-18(10)26-28-20(11)23-31(29)43(47)49-45-36(23)42(28)54-52-40(26)34(22)38-30(16)32-24-19(12)27-25-17(9)21(13(8)15)33(37)39(25)51(59)53-41(27)35(24)46-50-44(32)48(38)60(52)70(68(3,4)66(72)74-6)62(50)58(55(46)63(53)69)57(61(49)69)56(45)64(54)70/h1-6H3/t69-,70-/m0/s1. The number of benzene rings is 16. The molecule has 4 nitrogen and oxygen atoms in total. The highest BCUT2D eigenvalue weighted by Gasteiger charge is 2.71. The summed E-state index contributed by atoms with van der Waals surface area (Å²) in [6.07, 6.45) is 0. The maximum absolute atomic E-state index is 15.8. The number of carbonyl (C=O) groups is 2. The molecule has 0 saturated carbocycles. The van der Waals surface area contributed by atoms with E-state index in [1.54, 1.807) is 57.3 Å². The van der Waals surface area contributed by atoms with Crippen molar-refractivity contribution in [3.63, 3.8) is 0 Å². The molecule has 0 aliphatic heterocycles. The average Bonchev–Trinajstić information content (AvgIpc) is 4.17. The van der Waals surface area contributed by atoms with Crippen LogP contribution in [0.1, 0.15) is 61.1 Å². The molecule has 0 aromatic heterocycles. The van der Waals surface area contributed by atoms with Crippen molar-refractivity contribution in [2.45, 2.75) is 38.5 Å². The summed E-state index contributed by atoms with van der Waals surface area (Å²) >= 11 is 0. The first kappa shape index (κ1) is 29.8. The van der Waals surface area contributed by atoms with Crippen molar-refractivity contribution < 1.29 is 19.1 Å². The number of ether oxygens (including phenoxy) is 2. The van der Waals surface area contributed by atoms with Gasteiger partial charge in [0, 0.05) is 0 Å². The van der Waals surface area contributed by atoms with Gasteiger partial charge in [0.05, 0.1) is 35.9 Å². The van der Waals surface area contributed by atoms with Crippen molar-refractivity contribution in [3.8, 4) is 11.1 Å². The van der Waals surface area contributed by atoms with Crippen molar-refractivity contribution in [2.75, 3.05) is 14.2 Å². The van der Waals surface area contributed by atoms with Crippen LogP contribution in [-0.4, -0.2) is 26.2 Å². The third kappa shape index (κ3) is 1.56. The Morgan fingerprint density at radius 2 is 0.365 bits per heavy atom. The van der Waals surface area contributed by atoms with Crippen LogP contribution in [0, 0.1) is 10.8 Å². The summed E-state index contributed by atoms with van der Waals surface area (Å²) in [5, 5.41) is 74.4. The zero-order chi connectivity index (χ0) is 46.1. The predicted molar refractivity (Wildman–Crippen MR) is 303 cm³/mol. The Labute approximate surface area is 406 Å². The quantitative estimate of drug-likeness (QED) is 0.130. The molecule has 0 spiro atoms. The molecule has 0 radical (unpaired) electrons. The molecule has 0 bridgehead atoms. The molecule has 2 atom stereocenters. The van der Waals surface area contributed by atoms with Crippen LogP contribution in [0.15, 0.2) is 0 Å². The average molecular weight is 923 g/mol. The fourth-order valence-corrected chi connectivity index (χ4v) is 25.9. The number of hydrogen-bond donors (Lipinski definition) is 0. The second-order valence-corrected chi connectivity index (χ2v) is 27.5. The number of methoxy groups -OCH3 is 2. The van der Waals surface area contributed by atoms with Gasteiger partial charge in [-0.15, -0.1) is 0 Å². The van der Waals surface area contributed by atoms with Gasteiger partial charge in [0.15, 0.2) is 0 Å². The molecule has 0 fully saturated rings. The van der Waals surface area contributed by atoms with Crippen LogP contribution in [-0.2, 0) is 29.9 Å². The van der Waals surface area contributed by atoms with Crippen LogP contribution in [0.4, 0.5) is 0 Å². The molecule has 32 rings (SSSR count). The molecule has 322 valence electrons. The normalized spacial score (nSPS) is 21.6. The fourth-order valence-electron chi connectivity index (χ4n) is 25.9. The van der Waals surface area contributed by atoms with Gasteiger partial charge >= 0.3 is 11.9 Å². The molecular formula is C70H18O4. The van der Waals surface area contributed by atoms with Crippen molar-refractivity contribution in [2.24, 2.45) is 10.8 Å². The first-order valence-corrected chi connectivity index (χ1v) is 27.1. The van der Waals surface area contributed by atoms with Gasteiger partial charge < -0.3 is 9.47 Å². The van der Waals surface area contributed by atoms with Crippen molar-refractivity contribution in [1.29, 1.82) is 0 Å². The minimum atomic E-state index is -1.02. The van der Waals surface area contributed by atoms with Gasteiger partial charge in [-0.25, -0.2) is 0 Å². The van der Waals surface area contributed by atoms with Crippen LogP contribution < -0.4 is 0 Å². The largest absolute Gasteiger partial charge is 0.469 e. The van der Waals surface area contributed by atoms with E-state index >= 15 is 9.59 Å². The van der Waals surface area contributed by atoms with Gasteiger partial charge in [0.25, 0.3) is 0 Å². The molecule has 4 heteroatoms. The predicted octanol–water partition coefficient (Wildman–Crippen LogP) is 17.3. The van der Waals surface area contributed by atoms with Crippen molar-refractivity contribution in [1.82, 2.24) is 0 Å². The van der Waals surface area contributed by atoms with Gasteiger partial charge in [-0.05, 0) is 342 Å². The van der Waals surface area contributed by atoms with Crippen molar-refractivity contribution in [3.05, 3.63) is 33.4 Å². The number of hydrogen-bond acceptors (Lipinski definition) is 4. The summed E-state index contributed by atoms with van der Waals surface area (Å²) in [5.41, 5.74) is 7.35. The zero-order valence-corrected chi connectivity index (χ0v) is 39.6. The Hall–Kier alpha value is -8.60. The van der Waals surface area contributed by atoms with Crippen LogP contribution in [0.2, 0.25) is 0 Å². The zero-order valence-electron chi connectivity index (χ0n) is 39.6. The Bertz CT molecular complexity index is 7080. The molecule has 6 aliphatic carbocycles. The minimum absolute atomic E-state index is 0.142. The topological polar surface area (TPSA) is 52.6 Å². The molecule has 0 heterocycles. The summed E-state index contributed by atoms with van der Waals surface area (Å²) in [7, 11) is 3.28. The molecular weight excluding hydrogens is 905 g/mol. The highest BCUT2D eigenvalue weighted by molar-refractivity contribution is 6.80. The molecule has 0 saturated heterocycles. The molecule has 0 unspecified atom stereocenters. The van der Waals surface area contributed by atoms with E-state index in [1.807, 2.05) is 0 Å². The van der Waals surface area contributed by atoms with Crippen LogP contribution >= 0.6 is 0 Å². The maximum atomic E-state index is 15.8. The van der Waals surface area contributed by atoms with E-state index in [2.05, 4.69) is 27.7 Å². The lowest BCUT2D eigenvalue weighted by molar-refractivity contribution is -0.154. The van der Waals surface area contributed by atoms with E-state index in [0.29, 0.717) is 0 Å². The number of rotatable bonds is 4. The van der Waals surface area contributed by atoms with Crippen LogP contribution in [0.3, 0.4) is 0 Å². The van der Waals surface area contributed by atoms with Crippen LogP contribution in [0.25, 0.3) is 280 Å². The first-order valence-electron chi connectivity index (χ1n) is 27.1. The van der Waals surface area contributed by atoms with E-state index in [9.17, 15) is 0 Å². The lowest BCUT2D eigenvalue weighted by atomic mass is 9.49. The van der Waals surface area contributed by atoms with E-state index in [4.69, 9.17) is 9.47 Å². The van der Waals surface area contributed by atoms with Gasteiger partial charge in [-0.2, -0.15) is 0 Å². The third-order valence-electron chi connectivity index (χ3n) is 26.5. The summed E-state index contributed by atoms with van der Waals surface area (Å²) in [6, 6.07) is 0. The molecule has 26 aromatic carbocycles. The SMILES string of the molecule is COC(=O)C(C)(C)[C@@]12c3c4c5c6c7c8c9c%10c%11c%12c(c-4c4c1c1c%13c2c2c%14c3c5c3c7c5c7c8c8c%10c%10c%11c%11c(c4%12)c1c1c4c%13c%12c2c2c%14c3c5c3c2c2c%12c4c4c(c1%11)c%10c1c8c7c3c2c14)[C@]69C(C)(C)C(=O)OC. The van der Waals surface area contributed by atoms with Crippen molar-refractivity contribution >= 4 is 281 Å². The summed E-state index contributed by atoms with van der Waals surface area (Å²) in [4.78, 5) is 31.6. The van der Waals surface area contributed by atoms with Gasteiger partial charge in [0.2, 0.25) is 0 Å². The van der Waals surface area contributed by atoms with Crippen LogP contribution in [0.5, 0.6) is 0 Å². The van der Waals surface area contributed by atoms with Gasteiger partial charge in [-0.3, -0.25) is 9.59 Å². The highest BCUT2D eigenvalue weighted by Crippen LogP contribution is 2.87. The van der Waals surface area contributed by atoms with Gasteiger partial charge in [0.1, 0.15) is 0 Å². The first-order chi connectivity index (χ1) is 36.2. The third-order valence-corrected chi connectivity index (χ3v) is 26.5.